The smallest absolute Gasteiger partial charge is 0.269 e. The van der Waals surface area contributed by atoms with E-state index in [0.29, 0.717) is 11.4 Å². The third-order valence-corrected chi connectivity index (χ3v) is 4.14. The van der Waals surface area contributed by atoms with Crippen molar-refractivity contribution in [1.82, 2.24) is 0 Å². The van der Waals surface area contributed by atoms with Crippen molar-refractivity contribution in [2.75, 3.05) is 25.1 Å². The number of non-ortho nitro benzene ring substituents is 1. The molecule has 1 heterocycles. The average molecular weight is 329 g/mol. The molecule has 0 aliphatic carbocycles. The van der Waals surface area contributed by atoms with Crippen LogP contribution < -0.4 is 4.90 Å². The number of benzene rings is 1. The Morgan fingerprint density at radius 2 is 2.16 bits per heavy atom. The van der Waals surface area contributed by atoms with Gasteiger partial charge in [0.15, 0.2) is 0 Å². The van der Waals surface area contributed by atoms with Crippen LogP contribution >= 0.6 is 15.9 Å². The van der Waals surface area contributed by atoms with Gasteiger partial charge in [0, 0.05) is 43.3 Å². The van der Waals surface area contributed by atoms with E-state index in [1.165, 1.54) is 0 Å². The van der Waals surface area contributed by atoms with E-state index in [2.05, 4.69) is 20.8 Å². The molecule has 1 fully saturated rings. The van der Waals surface area contributed by atoms with E-state index < -0.39 is 0 Å². The standard InChI is InChI=1S/C13H17BrN2O3/c1-19-12-4-6-15(7-5-12)13-3-2-11(16(17)18)8-10(13)9-14/h2-3,8,12H,4-7,9H2,1H3. The van der Waals surface area contributed by atoms with E-state index >= 15 is 0 Å². The predicted molar refractivity (Wildman–Crippen MR) is 78.0 cm³/mol. The molecule has 1 aromatic rings. The van der Waals surface area contributed by atoms with E-state index in [1.807, 2.05) is 6.07 Å². The summed E-state index contributed by atoms with van der Waals surface area (Å²) >= 11 is 3.41. The number of hydrogen-bond acceptors (Lipinski definition) is 4. The molecule has 0 N–H and O–H groups in total. The molecule has 1 aliphatic heterocycles. The fourth-order valence-corrected chi connectivity index (χ4v) is 2.88. The Bertz CT molecular complexity index is 459. The van der Waals surface area contributed by atoms with Gasteiger partial charge in [-0.3, -0.25) is 10.1 Å². The van der Waals surface area contributed by atoms with Crippen molar-refractivity contribution in [1.29, 1.82) is 0 Å². The molecule has 6 heteroatoms. The van der Waals surface area contributed by atoms with Crippen LogP contribution in [0, 0.1) is 10.1 Å². The van der Waals surface area contributed by atoms with E-state index in [9.17, 15) is 10.1 Å². The molecule has 0 spiro atoms. The highest BCUT2D eigenvalue weighted by Gasteiger charge is 2.21. The van der Waals surface area contributed by atoms with Gasteiger partial charge in [0.25, 0.3) is 5.69 Å². The van der Waals surface area contributed by atoms with E-state index in [4.69, 9.17) is 4.74 Å². The maximum Gasteiger partial charge on any atom is 0.269 e. The van der Waals surface area contributed by atoms with Crippen LogP contribution in [0.3, 0.4) is 0 Å². The highest BCUT2D eigenvalue weighted by Crippen LogP contribution is 2.29. The van der Waals surface area contributed by atoms with Crippen molar-refractivity contribution in [2.24, 2.45) is 0 Å². The Labute approximate surface area is 120 Å². The minimum absolute atomic E-state index is 0.143. The molecule has 1 aliphatic rings. The lowest BCUT2D eigenvalue weighted by molar-refractivity contribution is -0.384. The second-order valence-corrected chi connectivity index (χ2v) is 5.19. The highest BCUT2D eigenvalue weighted by atomic mass is 79.9. The summed E-state index contributed by atoms with van der Waals surface area (Å²) in [5.74, 6) is 0. The summed E-state index contributed by atoms with van der Waals surface area (Å²) in [6.07, 6.45) is 2.33. The molecule has 19 heavy (non-hydrogen) atoms. The summed E-state index contributed by atoms with van der Waals surface area (Å²) in [4.78, 5) is 12.7. The molecule has 0 amide bonds. The molecule has 0 bridgehead atoms. The van der Waals surface area contributed by atoms with Crippen LogP contribution in [0.2, 0.25) is 0 Å². The van der Waals surface area contributed by atoms with Crippen LogP contribution in [0.1, 0.15) is 18.4 Å². The van der Waals surface area contributed by atoms with Crippen LogP contribution in [0.15, 0.2) is 18.2 Å². The summed E-state index contributed by atoms with van der Waals surface area (Å²) in [6, 6.07) is 5.07. The number of anilines is 1. The van der Waals surface area contributed by atoms with Crippen LogP contribution in [0.4, 0.5) is 11.4 Å². The van der Waals surface area contributed by atoms with Crippen molar-refractivity contribution in [3.63, 3.8) is 0 Å². The van der Waals surface area contributed by atoms with Gasteiger partial charge in [-0.05, 0) is 24.5 Å². The van der Waals surface area contributed by atoms with Gasteiger partial charge < -0.3 is 9.64 Å². The van der Waals surface area contributed by atoms with Crippen molar-refractivity contribution in [2.45, 2.75) is 24.3 Å². The molecule has 1 saturated heterocycles. The number of hydrogen-bond donors (Lipinski definition) is 0. The third-order valence-electron chi connectivity index (χ3n) is 3.53. The lowest BCUT2D eigenvalue weighted by Crippen LogP contribution is -2.37. The molecular formula is C13H17BrN2O3. The highest BCUT2D eigenvalue weighted by molar-refractivity contribution is 9.08. The van der Waals surface area contributed by atoms with E-state index in [1.54, 1.807) is 19.2 Å². The molecule has 0 aromatic heterocycles. The number of nitro benzene ring substituents is 1. The van der Waals surface area contributed by atoms with Crippen LogP contribution in [-0.4, -0.2) is 31.2 Å². The first-order valence-corrected chi connectivity index (χ1v) is 7.39. The zero-order chi connectivity index (χ0) is 13.8. The first-order chi connectivity index (χ1) is 9.15. The molecule has 0 saturated carbocycles. The first kappa shape index (κ1) is 14.3. The molecule has 104 valence electrons. The van der Waals surface area contributed by atoms with Crippen LogP contribution in [-0.2, 0) is 10.1 Å². The predicted octanol–water partition coefficient (Wildman–Crippen LogP) is 3.10. The Morgan fingerprint density at radius 3 is 2.68 bits per heavy atom. The van der Waals surface area contributed by atoms with Gasteiger partial charge in [-0.15, -0.1) is 0 Å². The Balaban J connectivity index is 2.18. The Kier molecular flexibility index (Phi) is 4.76. The lowest BCUT2D eigenvalue weighted by Gasteiger charge is -2.34. The minimum atomic E-state index is -0.354. The lowest BCUT2D eigenvalue weighted by atomic mass is 10.1. The summed E-state index contributed by atoms with van der Waals surface area (Å²) in [5, 5.41) is 11.4. The van der Waals surface area contributed by atoms with Crippen molar-refractivity contribution < 1.29 is 9.66 Å². The Morgan fingerprint density at radius 1 is 1.47 bits per heavy atom. The average Bonchev–Trinajstić information content (AvgIpc) is 2.46. The van der Waals surface area contributed by atoms with Gasteiger partial charge in [-0.1, -0.05) is 15.9 Å². The Hall–Kier alpha value is -1.14. The number of nitro groups is 1. The zero-order valence-corrected chi connectivity index (χ0v) is 12.4. The number of methoxy groups -OCH3 is 1. The summed E-state index contributed by atoms with van der Waals surface area (Å²) in [6.45, 7) is 1.85. The second-order valence-electron chi connectivity index (χ2n) is 4.63. The number of halogens is 1. The second kappa shape index (κ2) is 6.34. The molecule has 5 nitrogen and oxygen atoms in total. The number of alkyl halides is 1. The molecule has 1 aromatic carbocycles. The quantitative estimate of drug-likeness (QED) is 0.484. The molecule has 0 radical (unpaired) electrons. The van der Waals surface area contributed by atoms with Gasteiger partial charge >= 0.3 is 0 Å². The van der Waals surface area contributed by atoms with Crippen molar-refractivity contribution in [3.05, 3.63) is 33.9 Å². The maximum absolute atomic E-state index is 10.8. The fourth-order valence-electron chi connectivity index (χ4n) is 2.43. The van der Waals surface area contributed by atoms with E-state index in [0.717, 1.165) is 37.2 Å². The monoisotopic (exact) mass is 328 g/mol. The van der Waals surface area contributed by atoms with Crippen molar-refractivity contribution in [3.8, 4) is 0 Å². The van der Waals surface area contributed by atoms with E-state index in [-0.39, 0.29) is 10.6 Å². The molecule has 0 atom stereocenters. The van der Waals surface area contributed by atoms with Crippen LogP contribution in [0.25, 0.3) is 0 Å². The number of nitrogens with zero attached hydrogens (tertiary/aromatic N) is 2. The number of ether oxygens (including phenoxy) is 1. The third kappa shape index (κ3) is 3.25. The van der Waals surface area contributed by atoms with Gasteiger partial charge in [0.05, 0.1) is 11.0 Å². The number of piperidine rings is 1. The minimum Gasteiger partial charge on any atom is -0.381 e. The summed E-state index contributed by atoms with van der Waals surface area (Å²) < 4.78 is 5.36. The summed E-state index contributed by atoms with van der Waals surface area (Å²) in [7, 11) is 1.75. The zero-order valence-electron chi connectivity index (χ0n) is 10.8. The SMILES string of the molecule is COC1CCN(c2ccc([N+](=O)[O-])cc2CBr)CC1. The van der Waals surface area contributed by atoms with Gasteiger partial charge in [-0.25, -0.2) is 0 Å². The maximum atomic E-state index is 10.8. The van der Waals surface area contributed by atoms with Gasteiger partial charge in [-0.2, -0.15) is 0 Å². The van der Waals surface area contributed by atoms with Crippen molar-refractivity contribution >= 4 is 27.3 Å². The first-order valence-electron chi connectivity index (χ1n) is 6.26. The number of rotatable bonds is 4. The fraction of sp³-hybridized carbons (Fsp3) is 0.538. The summed E-state index contributed by atoms with van der Waals surface area (Å²) in [5.41, 5.74) is 2.19. The largest absolute Gasteiger partial charge is 0.381 e. The van der Waals surface area contributed by atoms with Gasteiger partial charge in [0.2, 0.25) is 0 Å². The normalized spacial score (nSPS) is 16.6. The molecule has 2 rings (SSSR count). The topological polar surface area (TPSA) is 55.6 Å². The molecule has 0 unspecified atom stereocenters. The van der Waals surface area contributed by atoms with Gasteiger partial charge in [0.1, 0.15) is 0 Å². The molecular weight excluding hydrogens is 312 g/mol. The van der Waals surface area contributed by atoms with Crippen LogP contribution in [0.5, 0.6) is 0 Å².